The number of benzene rings is 1. The maximum Gasteiger partial charge on any atom is 0.246 e. The number of fused-ring (bicyclic) bond motifs is 1. The number of amides is 2. The zero-order chi connectivity index (χ0) is 20.4. The Morgan fingerprint density at radius 2 is 2.14 bits per heavy atom. The molecule has 29 heavy (non-hydrogen) atoms. The molecule has 2 aromatic heterocycles. The first kappa shape index (κ1) is 20.1. The van der Waals surface area contributed by atoms with Gasteiger partial charge in [-0.25, -0.2) is 10.4 Å². The molecule has 1 fully saturated rings. The molecule has 4 rings (SSSR count). The van der Waals surface area contributed by atoms with E-state index in [1.165, 1.54) is 23.1 Å². The molecule has 150 valence electrons. The number of nitrogens with one attached hydrogen (secondary N) is 1. The highest BCUT2D eigenvalue weighted by Crippen LogP contribution is 2.25. The van der Waals surface area contributed by atoms with Crippen LogP contribution in [0.3, 0.4) is 0 Å². The molecule has 7 nitrogen and oxygen atoms in total. The Hall–Kier alpha value is -2.17. The Balaban J connectivity index is 1.46. The molecular formula is C19H18BrN5O2S2. The monoisotopic (exact) mass is 491 g/mol. The number of carbonyl (C=O) groups is 2. The van der Waals surface area contributed by atoms with Gasteiger partial charge < -0.3 is 0 Å². The number of aromatic nitrogens is 2. The Labute approximate surface area is 184 Å². The van der Waals surface area contributed by atoms with E-state index in [0.717, 1.165) is 32.8 Å². The summed E-state index contributed by atoms with van der Waals surface area (Å²) in [5, 5.41) is 6.64. The zero-order valence-corrected chi connectivity index (χ0v) is 18.8. The Kier molecular flexibility index (Phi) is 6.02. The summed E-state index contributed by atoms with van der Waals surface area (Å²) in [7, 11) is 0. The topological polar surface area (TPSA) is 79.1 Å². The van der Waals surface area contributed by atoms with Gasteiger partial charge in [-0.1, -0.05) is 46.7 Å². The van der Waals surface area contributed by atoms with E-state index in [1.54, 1.807) is 4.90 Å². The highest BCUT2D eigenvalue weighted by molar-refractivity contribution is 9.10. The Morgan fingerprint density at radius 3 is 2.90 bits per heavy atom. The van der Waals surface area contributed by atoms with E-state index in [2.05, 4.69) is 31.4 Å². The van der Waals surface area contributed by atoms with E-state index in [1.807, 2.05) is 47.2 Å². The van der Waals surface area contributed by atoms with Crippen molar-refractivity contribution in [2.45, 2.75) is 19.8 Å². The summed E-state index contributed by atoms with van der Waals surface area (Å²) >= 11 is 6.28. The summed E-state index contributed by atoms with van der Waals surface area (Å²) in [6.45, 7) is 2.61. The van der Waals surface area contributed by atoms with E-state index in [9.17, 15) is 9.59 Å². The largest absolute Gasteiger partial charge is 0.294 e. The van der Waals surface area contributed by atoms with Crippen LogP contribution in [0.25, 0.3) is 16.2 Å². The second-order valence-corrected chi connectivity index (χ2v) is 9.15. The normalized spacial score (nSPS) is 15.6. The minimum Gasteiger partial charge on any atom is -0.294 e. The lowest BCUT2D eigenvalue weighted by atomic mass is 10.2. The minimum absolute atomic E-state index is 0.0308. The zero-order valence-electron chi connectivity index (χ0n) is 15.6. The molecule has 1 aliphatic heterocycles. The highest BCUT2D eigenvalue weighted by Gasteiger charge is 2.27. The number of thiazole rings is 1. The Bertz CT molecular complexity index is 1090. The van der Waals surface area contributed by atoms with Gasteiger partial charge in [0.1, 0.15) is 0 Å². The summed E-state index contributed by atoms with van der Waals surface area (Å²) in [6, 6.07) is 7.96. The quantitative estimate of drug-likeness (QED) is 0.532. The average molecular weight is 492 g/mol. The van der Waals surface area contributed by atoms with Gasteiger partial charge in [0, 0.05) is 33.9 Å². The molecule has 0 spiro atoms. The molecule has 0 radical (unpaired) electrons. The van der Waals surface area contributed by atoms with Crippen molar-refractivity contribution in [2.75, 3.05) is 12.3 Å². The van der Waals surface area contributed by atoms with Crippen molar-refractivity contribution in [1.29, 1.82) is 0 Å². The van der Waals surface area contributed by atoms with E-state index in [0.29, 0.717) is 17.5 Å². The summed E-state index contributed by atoms with van der Waals surface area (Å²) in [6.07, 6.45) is 2.96. The molecule has 1 aliphatic rings. The number of rotatable bonds is 6. The van der Waals surface area contributed by atoms with Gasteiger partial charge in [0.25, 0.3) is 0 Å². The van der Waals surface area contributed by atoms with Crippen LogP contribution in [0.1, 0.15) is 19.0 Å². The second kappa shape index (κ2) is 8.68. The fourth-order valence-electron chi connectivity index (χ4n) is 2.96. The van der Waals surface area contributed by atoms with Gasteiger partial charge in [-0.2, -0.15) is 0 Å². The molecule has 1 saturated heterocycles. The number of amidine groups is 1. The lowest BCUT2D eigenvalue weighted by molar-refractivity contribution is -0.124. The molecule has 0 saturated carbocycles. The number of carbonyl (C=O) groups excluding carboxylic acids is 2. The third-order valence-electron chi connectivity index (χ3n) is 4.35. The number of imidazole rings is 1. The van der Waals surface area contributed by atoms with Gasteiger partial charge in [0.2, 0.25) is 11.8 Å². The van der Waals surface area contributed by atoms with Crippen LogP contribution >= 0.6 is 39.0 Å². The van der Waals surface area contributed by atoms with E-state index >= 15 is 0 Å². The molecule has 0 unspecified atom stereocenters. The van der Waals surface area contributed by atoms with Gasteiger partial charge >= 0.3 is 0 Å². The van der Waals surface area contributed by atoms with Crippen molar-refractivity contribution >= 4 is 61.0 Å². The first-order chi connectivity index (χ1) is 14.0. The molecule has 2 amide bonds. The van der Waals surface area contributed by atoms with Crippen LogP contribution in [0.15, 0.2) is 45.4 Å². The number of hydrazone groups is 1. The van der Waals surface area contributed by atoms with E-state index < -0.39 is 0 Å². The first-order valence-corrected chi connectivity index (χ1v) is 11.7. The van der Waals surface area contributed by atoms with Gasteiger partial charge in [0.15, 0.2) is 10.1 Å². The number of nitrogens with zero attached hydrogens (tertiary/aromatic N) is 4. The molecule has 3 heterocycles. The fourth-order valence-corrected chi connectivity index (χ4v) is 4.96. The minimum atomic E-state index is -0.229. The molecule has 10 heteroatoms. The molecular weight excluding hydrogens is 474 g/mol. The van der Waals surface area contributed by atoms with Crippen LogP contribution in [-0.4, -0.2) is 43.6 Å². The fraction of sp³-hybridized carbons (Fsp3) is 0.263. The third-order valence-corrected chi connectivity index (χ3v) is 6.72. The lowest BCUT2D eigenvalue weighted by Crippen LogP contribution is -2.32. The molecule has 0 bridgehead atoms. The smallest absolute Gasteiger partial charge is 0.246 e. The summed E-state index contributed by atoms with van der Waals surface area (Å²) in [5.74, 6) is 0.170. The van der Waals surface area contributed by atoms with Gasteiger partial charge in [0.05, 0.1) is 17.9 Å². The van der Waals surface area contributed by atoms with Crippen LogP contribution < -0.4 is 5.43 Å². The molecule has 0 aliphatic carbocycles. The van der Waals surface area contributed by atoms with Crippen molar-refractivity contribution in [3.63, 3.8) is 0 Å². The summed E-state index contributed by atoms with van der Waals surface area (Å²) < 4.78 is 2.95. The summed E-state index contributed by atoms with van der Waals surface area (Å²) in [4.78, 5) is 31.4. The Morgan fingerprint density at radius 1 is 1.34 bits per heavy atom. The first-order valence-electron chi connectivity index (χ1n) is 9.06. The van der Waals surface area contributed by atoms with E-state index in [-0.39, 0.29) is 18.2 Å². The second-order valence-electron chi connectivity index (χ2n) is 6.45. The third kappa shape index (κ3) is 4.39. The van der Waals surface area contributed by atoms with Crippen molar-refractivity contribution in [1.82, 2.24) is 19.7 Å². The number of halogens is 1. The summed E-state index contributed by atoms with van der Waals surface area (Å²) in [5.41, 5.74) is 5.31. The van der Waals surface area contributed by atoms with Crippen LogP contribution in [0, 0.1) is 0 Å². The molecule has 1 aromatic carbocycles. The predicted octanol–water partition coefficient (Wildman–Crippen LogP) is 3.74. The number of hydrogen-bond donors (Lipinski definition) is 1. The predicted molar refractivity (Wildman–Crippen MR) is 120 cm³/mol. The molecule has 0 atom stereocenters. The van der Waals surface area contributed by atoms with Gasteiger partial charge in [-0.3, -0.25) is 18.9 Å². The standard InChI is InChI=1S/C19H18BrN5O2S2/c1-2-7-24-17(27)11-29-19(24)23-22-16(26)8-14-10-28-18-21-15(9-25(14)18)12-3-5-13(20)6-4-12/h3-6,9-10H,2,7-8,11H2,1H3,(H,22,26)/b23-19-. The maximum atomic E-state index is 12.4. The number of hydrogen-bond acceptors (Lipinski definition) is 6. The van der Waals surface area contributed by atoms with Gasteiger partial charge in [-0.05, 0) is 18.6 Å². The van der Waals surface area contributed by atoms with Crippen molar-refractivity contribution in [2.24, 2.45) is 5.10 Å². The molecule has 1 N–H and O–H groups in total. The van der Waals surface area contributed by atoms with Crippen molar-refractivity contribution in [3.05, 3.63) is 46.0 Å². The highest BCUT2D eigenvalue weighted by atomic mass is 79.9. The number of thioether (sulfide) groups is 1. The van der Waals surface area contributed by atoms with Crippen LogP contribution in [0.2, 0.25) is 0 Å². The van der Waals surface area contributed by atoms with Crippen LogP contribution in [0.4, 0.5) is 0 Å². The van der Waals surface area contributed by atoms with E-state index in [4.69, 9.17) is 0 Å². The van der Waals surface area contributed by atoms with Crippen molar-refractivity contribution in [3.8, 4) is 11.3 Å². The van der Waals surface area contributed by atoms with Crippen molar-refractivity contribution < 1.29 is 9.59 Å². The van der Waals surface area contributed by atoms with Crippen LogP contribution in [0.5, 0.6) is 0 Å². The molecule has 3 aromatic rings. The average Bonchev–Trinajstić information content (AvgIpc) is 3.38. The lowest BCUT2D eigenvalue weighted by Gasteiger charge is -2.14. The van der Waals surface area contributed by atoms with Crippen LogP contribution in [-0.2, 0) is 16.0 Å². The maximum absolute atomic E-state index is 12.4. The van der Waals surface area contributed by atoms with Gasteiger partial charge in [-0.15, -0.1) is 16.4 Å². The SMILES string of the molecule is CCCN1C(=O)CS/C1=N\NC(=O)Cc1csc2nc(-c3ccc(Br)cc3)cn12.